The highest BCUT2D eigenvalue weighted by Gasteiger charge is 2.43. The molecule has 0 fully saturated rings. The van der Waals surface area contributed by atoms with Gasteiger partial charge < -0.3 is 4.90 Å². The summed E-state index contributed by atoms with van der Waals surface area (Å²) >= 11 is 0. The number of hydrogen-bond acceptors (Lipinski definition) is 3. The monoisotopic (exact) mass is 366 g/mol. The van der Waals surface area contributed by atoms with Crippen molar-refractivity contribution in [2.24, 2.45) is 0 Å². The van der Waals surface area contributed by atoms with Crippen molar-refractivity contribution >= 4 is 23.4 Å². The second-order valence-corrected chi connectivity index (χ2v) is 7.07. The number of imide groups is 1. The number of hydrogen-bond donors (Lipinski definition) is 0. The number of amides is 3. The lowest BCUT2D eigenvalue weighted by atomic mass is 9.95. The molecule has 0 radical (unpaired) electrons. The third kappa shape index (κ3) is 2.63. The number of fused-ring (bicyclic) bond motifs is 2. The van der Waals surface area contributed by atoms with E-state index >= 15 is 0 Å². The van der Waals surface area contributed by atoms with E-state index in [9.17, 15) is 18.8 Å². The molecule has 0 bridgehead atoms. The first-order valence-corrected chi connectivity index (χ1v) is 8.98. The van der Waals surface area contributed by atoms with Crippen molar-refractivity contribution in [2.45, 2.75) is 38.8 Å². The lowest BCUT2D eigenvalue weighted by Crippen LogP contribution is -2.53. The van der Waals surface area contributed by atoms with E-state index in [-0.39, 0.29) is 17.8 Å². The Morgan fingerprint density at radius 2 is 1.74 bits per heavy atom. The number of carbonyl (C=O) groups excluding carboxylic acids is 3. The van der Waals surface area contributed by atoms with E-state index in [2.05, 4.69) is 0 Å². The van der Waals surface area contributed by atoms with Crippen LogP contribution < -0.4 is 4.90 Å². The van der Waals surface area contributed by atoms with E-state index in [1.54, 1.807) is 42.2 Å². The van der Waals surface area contributed by atoms with Crippen LogP contribution in [0.4, 0.5) is 10.1 Å². The molecule has 0 aliphatic carbocycles. The second kappa shape index (κ2) is 6.30. The lowest BCUT2D eigenvalue weighted by molar-refractivity contribution is -0.122. The number of rotatable bonds is 2. The van der Waals surface area contributed by atoms with Crippen LogP contribution in [-0.4, -0.2) is 34.7 Å². The van der Waals surface area contributed by atoms with Crippen molar-refractivity contribution in [2.75, 3.05) is 4.90 Å². The Bertz CT molecular complexity index is 937. The maximum absolute atomic E-state index is 13.6. The molecule has 2 aliphatic heterocycles. The van der Waals surface area contributed by atoms with E-state index in [0.717, 1.165) is 10.5 Å². The van der Waals surface area contributed by atoms with Crippen molar-refractivity contribution in [1.82, 2.24) is 4.90 Å². The van der Waals surface area contributed by atoms with Crippen LogP contribution in [0.3, 0.4) is 0 Å². The van der Waals surface area contributed by atoms with Crippen molar-refractivity contribution in [3.8, 4) is 0 Å². The fraction of sp³-hybridized carbons (Fsp3) is 0.286. The topological polar surface area (TPSA) is 57.7 Å². The zero-order chi connectivity index (χ0) is 19.3. The predicted molar refractivity (Wildman–Crippen MR) is 98.1 cm³/mol. The first kappa shape index (κ1) is 17.4. The standard InChI is InChI=1S/C21H19FN2O3/c1-12-7-8-14-11-15(22)9-10-18(14)23(12)19(25)13(2)24-20(26)16-5-3-4-6-17(16)21(24)27/h3-6,9-13H,7-8H2,1-2H3/t12-,13-/m1/s1. The highest BCUT2D eigenvalue weighted by molar-refractivity contribution is 6.23. The van der Waals surface area contributed by atoms with Gasteiger partial charge in [-0.1, -0.05) is 12.1 Å². The zero-order valence-corrected chi connectivity index (χ0v) is 15.1. The third-order valence-electron chi connectivity index (χ3n) is 5.38. The minimum atomic E-state index is -0.948. The van der Waals surface area contributed by atoms with Gasteiger partial charge in [-0.25, -0.2) is 4.39 Å². The van der Waals surface area contributed by atoms with Gasteiger partial charge in [0.15, 0.2) is 0 Å². The van der Waals surface area contributed by atoms with Crippen LogP contribution >= 0.6 is 0 Å². The molecular weight excluding hydrogens is 347 g/mol. The van der Waals surface area contributed by atoms with E-state index in [4.69, 9.17) is 0 Å². The molecule has 0 saturated heterocycles. The number of carbonyl (C=O) groups is 3. The Morgan fingerprint density at radius 3 is 2.37 bits per heavy atom. The first-order valence-electron chi connectivity index (χ1n) is 8.98. The highest BCUT2D eigenvalue weighted by Crippen LogP contribution is 2.33. The van der Waals surface area contributed by atoms with Crippen LogP contribution in [0.1, 0.15) is 46.5 Å². The average molecular weight is 366 g/mol. The van der Waals surface area contributed by atoms with Gasteiger partial charge in [-0.15, -0.1) is 0 Å². The third-order valence-corrected chi connectivity index (χ3v) is 5.38. The quantitative estimate of drug-likeness (QED) is 0.767. The van der Waals surface area contributed by atoms with Crippen molar-refractivity contribution in [1.29, 1.82) is 0 Å². The summed E-state index contributed by atoms with van der Waals surface area (Å²) in [5.74, 6) is -1.60. The van der Waals surface area contributed by atoms with E-state index in [1.165, 1.54) is 12.1 Å². The van der Waals surface area contributed by atoms with Crippen LogP contribution in [0.15, 0.2) is 42.5 Å². The van der Waals surface area contributed by atoms with Crippen LogP contribution in [0, 0.1) is 5.82 Å². The Labute approximate surface area is 156 Å². The second-order valence-electron chi connectivity index (χ2n) is 7.07. The van der Waals surface area contributed by atoms with Crippen LogP contribution in [0.5, 0.6) is 0 Å². The first-order chi connectivity index (χ1) is 12.9. The Morgan fingerprint density at radius 1 is 1.11 bits per heavy atom. The van der Waals surface area contributed by atoms with Gasteiger partial charge in [0, 0.05) is 11.7 Å². The Kier molecular flexibility index (Phi) is 4.06. The van der Waals surface area contributed by atoms with Gasteiger partial charge in [0.2, 0.25) is 5.91 Å². The molecule has 0 N–H and O–H groups in total. The molecule has 0 unspecified atom stereocenters. The van der Waals surface area contributed by atoms with E-state index < -0.39 is 17.9 Å². The smallest absolute Gasteiger partial charge is 0.262 e. The van der Waals surface area contributed by atoms with Crippen molar-refractivity contribution < 1.29 is 18.8 Å². The summed E-state index contributed by atoms with van der Waals surface area (Å²) in [4.78, 5) is 41.3. The molecule has 6 heteroatoms. The Balaban J connectivity index is 1.68. The predicted octanol–water partition coefficient (Wildman–Crippen LogP) is 3.18. The minimum absolute atomic E-state index is 0.104. The molecule has 138 valence electrons. The fourth-order valence-electron chi connectivity index (χ4n) is 3.93. The summed E-state index contributed by atoms with van der Waals surface area (Å²) in [6.45, 7) is 3.48. The van der Waals surface area contributed by atoms with Crippen LogP contribution in [0.2, 0.25) is 0 Å². The summed E-state index contributed by atoms with van der Waals surface area (Å²) in [5.41, 5.74) is 2.03. The number of anilines is 1. The summed E-state index contributed by atoms with van der Waals surface area (Å²) < 4.78 is 13.6. The molecule has 2 aromatic carbocycles. The van der Waals surface area contributed by atoms with Gasteiger partial charge in [0.05, 0.1) is 11.1 Å². The minimum Gasteiger partial charge on any atom is -0.308 e. The van der Waals surface area contributed by atoms with Crippen molar-refractivity contribution in [3.63, 3.8) is 0 Å². The van der Waals surface area contributed by atoms with Gasteiger partial charge in [0.25, 0.3) is 11.8 Å². The molecule has 3 amide bonds. The number of halogens is 1. The lowest BCUT2D eigenvalue weighted by Gasteiger charge is -2.38. The molecule has 2 aliphatic rings. The molecule has 0 aromatic heterocycles. The van der Waals surface area contributed by atoms with E-state index in [1.807, 2.05) is 6.92 Å². The zero-order valence-electron chi connectivity index (χ0n) is 15.1. The van der Waals surface area contributed by atoms with Gasteiger partial charge in [-0.3, -0.25) is 19.3 Å². The van der Waals surface area contributed by atoms with E-state index in [0.29, 0.717) is 29.7 Å². The maximum atomic E-state index is 13.6. The number of benzene rings is 2. The number of nitrogens with zero attached hydrogens (tertiary/aromatic N) is 2. The van der Waals surface area contributed by atoms with Gasteiger partial charge in [0.1, 0.15) is 11.9 Å². The molecular formula is C21H19FN2O3. The van der Waals surface area contributed by atoms with Gasteiger partial charge >= 0.3 is 0 Å². The summed E-state index contributed by atoms with van der Waals surface area (Å²) in [6, 6.07) is 9.87. The fourth-order valence-corrected chi connectivity index (χ4v) is 3.93. The van der Waals surface area contributed by atoms with Gasteiger partial charge in [-0.05, 0) is 62.6 Å². The molecule has 2 atom stereocenters. The molecule has 0 spiro atoms. The Hall–Kier alpha value is -3.02. The van der Waals surface area contributed by atoms with Crippen LogP contribution in [-0.2, 0) is 11.2 Å². The molecule has 2 heterocycles. The van der Waals surface area contributed by atoms with Gasteiger partial charge in [-0.2, -0.15) is 0 Å². The SMILES string of the molecule is C[C@H](C(=O)N1c2ccc(F)cc2CC[C@H]1C)N1C(=O)c2ccccc2C1=O. The molecule has 2 aromatic rings. The molecule has 4 rings (SSSR count). The molecule has 27 heavy (non-hydrogen) atoms. The highest BCUT2D eigenvalue weighted by atomic mass is 19.1. The maximum Gasteiger partial charge on any atom is 0.262 e. The van der Waals surface area contributed by atoms with Crippen LogP contribution in [0.25, 0.3) is 0 Å². The van der Waals surface area contributed by atoms with Crippen molar-refractivity contribution in [3.05, 3.63) is 65.0 Å². The average Bonchev–Trinajstić information content (AvgIpc) is 2.92. The normalized spacial score (nSPS) is 19.7. The largest absolute Gasteiger partial charge is 0.308 e. The number of aryl methyl sites for hydroxylation is 1. The summed E-state index contributed by atoms with van der Waals surface area (Å²) in [7, 11) is 0. The molecule has 0 saturated carbocycles. The summed E-state index contributed by atoms with van der Waals surface area (Å²) in [6.07, 6.45) is 1.37. The molecule has 5 nitrogen and oxygen atoms in total. The summed E-state index contributed by atoms with van der Waals surface area (Å²) in [5, 5.41) is 0.